The van der Waals surface area contributed by atoms with Crippen LogP contribution in [0.3, 0.4) is 0 Å². The van der Waals surface area contributed by atoms with Crippen molar-refractivity contribution in [2.75, 3.05) is 13.1 Å². The van der Waals surface area contributed by atoms with Crippen molar-refractivity contribution in [2.45, 2.75) is 57.1 Å². The van der Waals surface area contributed by atoms with Crippen molar-refractivity contribution in [1.29, 1.82) is 0 Å². The third kappa shape index (κ3) is 3.10. The zero-order valence-electron chi connectivity index (χ0n) is 16.6. The SMILES string of the molecule is CC(C)[C@@]1(O)CCN2C[C@@H]3c4ccc(Cl)cc4CCc4cccc(c43)[C@H]2C1.Cl. The molecule has 4 heteroatoms. The Kier molecular flexibility index (Phi) is 5.29. The van der Waals surface area contributed by atoms with Gasteiger partial charge in [-0.1, -0.05) is 49.7 Å². The van der Waals surface area contributed by atoms with Crippen LogP contribution in [-0.2, 0) is 12.8 Å². The van der Waals surface area contributed by atoms with Crippen molar-refractivity contribution in [3.8, 4) is 0 Å². The van der Waals surface area contributed by atoms with Crippen molar-refractivity contribution in [3.63, 3.8) is 0 Å². The molecule has 2 nitrogen and oxygen atoms in total. The number of aryl methyl sites for hydroxylation is 2. The third-order valence-electron chi connectivity index (χ3n) is 7.39. The number of halogens is 2. The van der Waals surface area contributed by atoms with E-state index < -0.39 is 5.60 Å². The van der Waals surface area contributed by atoms with E-state index in [1.54, 1.807) is 0 Å². The summed E-state index contributed by atoms with van der Waals surface area (Å²) < 4.78 is 0. The molecule has 0 bridgehead atoms. The number of nitrogens with zero attached hydrogens (tertiary/aromatic N) is 1. The summed E-state index contributed by atoms with van der Waals surface area (Å²) in [5.74, 6) is 0.718. The number of fused-ring (bicyclic) bond motifs is 4. The fourth-order valence-corrected chi connectivity index (χ4v) is 5.85. The van der Waals surface area contributed by atoms with Gasteiger partial charge in [0.25, 0.3) is 0 Å². The Morgan fingerprint density at radius 3 is 2.68 bits per heavy atom. The molecule has 1 fully saturated rings. The number of benzene rings is 2. The summed E-state index contributed by atoms with van der Waals surface area (Å²) >= 11 is 6.31. The topological polar surface area (TPSA) is 23.5 Å². The second-order valence-corrected chi connectivity index (χ2v) is 9.48. The molecule has 0 radical (unpaired) electrons. The molecule has 28 heavy (non-hydrogen) atoms. The Balaban J connectivity index is 0.00000192. The van der Waals surface area contributed by atoms with E-state index in [0.717, 1.165) is 43.8 Å². The first-order chi connectivity index (χ1) is 13.0. The van der Waals surface area contributed by atoms with Gasteiger partial charge in [-0.15, -0.1) is 12.4 Å². The molecule has 5 rings (SSSR count). The zero-order valence-corrected chi connectivity index (χ0v) is 18.2. The van der Waals surface area contributed by atoms with Crippen LogP contribution in [0.25, 0.3) is 0 Å². The summed E-state index contributed by atoms with van der Waals surface area (Å²) in [5.41, 5.74) is 6.78. The Labute approximate surface area is 179 Å². The summed E-state index contributed by atoms with van der Waals surface area (Å²) in [5, 5.41) is 12.1. The van der Waals surface area contributed by atoms with Crippen LogP contribution in [0, 0.1) is 5.92 Å². The molecule has 2 aliphatic heterocycles. The van der Waals surface area contributed by atoms with Crippen LogP contribution in [-0.4, -0.2) is 28.7 Å². The van der Waals surface area contributed by atoms with Gasteiger partial charge in [-0.3, -0.25) is 4.90 Å². The average molecular weight is 418 g/mol. The molecule has 1 N–H and O–H groups in total. The summed E-state index contributed by atoms with van der Waals surface area (Å²) in [6.45, 7) is 6.35. The Morgan fingerprint density at radius 2 is 1.89 bits per heavy atom. The second kappa shape index (κ2) is 7.32. The van der Waals surface area contributed by atoms with E-state index in [-0.39, 0.29) is 12.4 Å². The Hall–Kier alpha value is -1.06. The van der Waals surface area contributed by atoms with Gasteiger partial charge in [-0.25, -0.2) is 0 Å². The van der Waals surface area contributed by atoms with Gasteiger partial charge in [0.1, 0.15) is 0 Å². The normalized spacial score (nSPS) is 28.6. The van der Waals surface area contributed by atoms with Crippen LogP contribution in [0.15, 0.2) is 36.4 Å². The van der Waals surface area contributed by atoms with Gasteiger partial charge in [-0.05, 0) is 71.6 Å². The standard InChI is InChI=1S/C24H28ClNO.ClH/c1-15(2)24(27)10-11-26-14-21-19-9-8-18(25)12-17(19)7-6-16-4-3-5-20(23(16)21)22(26)13-24;/h3-5,8-9,12,15,21-22,27H,6-7,10-11,13-14H2,1-2H3;1H/t21-,22-,24-;/m1./s1. The maximum Gasteiger partial charge on any atom is 0.0700 e. The lowest BCUT2D eigenvalue weighted by Gasteiger charge is -2.50. The van der Waals surface area contributed by atoms with Gasteiger partial charge in [0, 0.05) is 30.1 Å². The first-order valence-corrected chi connectivity index (χ1v) is 10.7. The van der Waals surface area contributed by atoms with Gasteiger partial charge >= 0.3 is 0 Å². The van der Waals surface area contributed by atoms with Crippen molar-refractivity contribution in [3.05, 3.63) is 69.2 Å². The number of hydrogen-bond donors (Lipinski definition) is 1. The maximum atomic E-state index is 11.2. The van der Waals surface area contributed by atoms with E-state index in [1.807, 2.05) is 6.07 Å². The van der Waals surface area contributed by atoms with E-state index in [1.165, 1.54) is 27.8 Å². The highest BCUT2D eigenvalue weighted by Gasteiger charge is 2.45. The van der Waals surface area contributed by atoms with E-state index in [2.05, 4.69) is 49.1 Å². The van der Waals surface area contributed by atoms with Crippen LogP contribution < -0.4 is 0 Å². The largest absolute Gasteiger partial charge is 0.390 e. The maximum absolute atomic E-state index is 11.2. The Morgan fingerprint density at radius 1 is 1.11 bits per heavy atom. The molecular formula is C24H29Cl2NO. The highest BCUT2D eigenvalue weighted by Crippen LogP contribution is 2.49. The van der Waals surface area contributed by atoms with Crippen LogP contribution in [0.5, 0.6) is 0 Å². The minimum atomic E-state index is -0.549. The smallest absolute Gasteiger partial charge is 0.0700 e. The van der Waals surface area contributed by atoms with Crippen LogP contribution in [0.2, 0.25) is 5.02 Å². The second-order valence-electron chi connectivity index (χ2n) is 9.04. The van der Waals surface area contributed by atoms with E-state index in [4.69, 9.17) is 11.6 Å². The highest BCUT2D eigenvalue weighted by molar-refractivity contribution is 6.30. The minimum Gasteiger partial charge on any atom is -0.390 e. The Bertz CT molecular complexity index is 896. The first kappa shape index (κ1) is 20.2. The van der Waals surface area contributed by atoms with Gasteiger partial charge in [0.05, 0.1) is 5.60 Å². The zero-order chi connectivity index (χ0) is 18.8. The molecule has 2 aromatic rings. The molecular weight excluding hydrogens is 389 g/mol. The van der Waals surface area contributed by atoms with Gasteiger partial charge in [0.15, 0.2) is 0 Å². The van der Waals surface area contributed by atoms with Crippen molar-refractivity contribution in [2.24, 2.45) is 5.92 Å². The third-order valence-corrected chi connectivity index (χ3v) is 7.63. The van der Waals surface area contributed by atoms with Crippen LogP contribution >= 0.6 is 24.0 Å². The van der Waals surface area contributed by atoms with Crippen molar-refractivity contribution in [1.82, 2.24) is 4.90 Å². The van der Waals surface area contributed by atoms with E-state index in [0.29, 0.717) is 17.9 Å². The van der Waals surface area contributed by atoms with Crippen LogP contribution in [0.1, 0.15) is 66.5 Å². The number of hydrogen-bond acceptors (Lipinski definition) is 2. The number of rotatable bonds is 1. The molecule has 3 aliphatic rings. The predicted octanol–water partition coefficient (Wildman–Crippen LogP) is 5.53. The fourth-order valence-electron chi connectivity index (χ4n) is 5.65. The van der Waals surface area contributed by atoms with Gasteiger partial charge in [-0.2, -0.15) is 0 Å². The molecule has 0 spiro atoms. The van der Waals surface area contributed by atoms with E-state index in [9.17, 15) is 5.11 Å². The lowest BCUT2D eigenvalue weighted by atomic mass is 9.71. The molecule has 2 heterocycles. The highest BCUT2D eigenvalue weighted by atomic mass is 35.5. The molecule has 150 valence electrons. The molecule has 3 atom stereocenters. The van der Waals surface area contributed by atoms with E-state index >= 15 is 0 Å². The molecule has 0 saturated carbocycles. The molecule has 2 aromatic carbocycles. The lowest BCUT2D eigenvalue weighted by Crippen LogP contribution is -2.51. The first-order valence-electron chi connectivity index (χ1n) is 10.3. The molecule has 0 amide bonds. The predicted molar refractivity (Wildman–Crippen MR) is 118 cm³/mol. The molecule has 1 saturated heterocycles. The summed E-state index contributed by atoms with van der Waals surface area (Å²) in [6.07, 6.45) is 3.86. The molecule has 0 aromatic heterocycles. The lowest BCUT2D eigenvalue weighted by molar-refractivity contribution is -0.0822. The molecule has 1 aliphatic carbocycles. The summed E-state index contributed by atoms with van der Waals surface area (Å²) in [6, 6.07) is 13.7. The van der Waals surface area contributed by atoms with Crippen molar-refractivity contribution < 1.29 is 5.11 Å². The number of piperidine rings is 1. The summed E-state index contributed by atoms with van der Waals surface area (Å²) in [7, 11) is 0. The van der Waals surface area contributed by atoms with Gasteiger partial charge < -0.3 is 5.11 Å². The quantitative estimate of drug-likeness (QED) is 0.658. The minimum absolute atomic E-state index is 0. The fraction of sp³-hybridized carbons (Fsp3) is 0.500. The monoisotopic (exact) mass is 417 g/mol. The van der Waals surface area contributed by atoms with Gasteiger partial charge in [0.2, 0.25) is 0 Å². The van der Waals surface area contributed by atoms with Crippen molar-refractivity contribution >= 4 is 24.0 Å². The molecule has 0 unspecified atom stereocenters. The van der Waals surface area contributed by atoms with Crippen LogP contribution in [0.4, 0.5) is 0 Å². The summed E-state index contributed by atoms with van der Waals surface area (Å²) in [4.78, 5) is 2.62. The average Bonchev–Trinajstić information content (AvgIpc) is 2.80. The number of aliphatic hydroxyl groups is 1.